The van der Waals surface area contributed by atoms with E-state index in [0.717, 1.165) is 0 Å². The van der Waals surface area contributed by atoms with Gasteiger partial charge in [0.2, 0.25) is 15.9 Å². The van der Waals surface area contributed by atoms with Gasteiger partial charge in [0.15, 0.2) is 12.4 Å². The van der Waals surface area contributed by atoms with Crippen LogP contribution in [0.1, 0.15) is 27.6 Å². The maximum Gasteiger partial charge on any atom is 0.338 e. The number of anilines is 1. The fraction of sp³-hybridized carbons (Fsp3) is 0.167. The Kier molecular flexibility index (Phi) is 6.43. The number of esters is 1. The molecule has 0 radical (unpaired) electrons. The summed E-state index contributed by atoms with van der Waals surface area (Å²) in [6.45, 7) is 0.911. The van der Waals surface area contributed by atoms with Crippen molar-refractivity contribution in [2.75, 3.05) is 19.0 Å². The monoisotopic (exact) mass is 390 g/mol. The van der Waals surface area contributed by atoms with Crippen molar-refractivity contribution < 1.29 is 27.5 Å². The lowest BCUT2D eigenvalue weighted by Crippen LogP contribution is -2.19. The van der Waals surface area contributed by atoms with E-state index in [-0.39, 0.29) is 16.4 Å². The first-order valence-electron chi connectivity index (χ1n) is 7.84. The van der Waals surface area contributed by atoms with Gasteiger partial charge in [-0.2, -0.15) is 0 Å². The Bertz CT molecular complexity index is 950. The second-order valence-corrected chi connectivity index (χ2v) is 7.38. The summed E-state index contributed by atoms with van der Waals surface area (Å²) in [5.41, 5.74) is 0.999. The Morgan fingerprint density at radius 1 is 0.926 bits per heavy atom. The van der Waals surface area contributed by atoms with Crippen LogP contribution in [0.2, 0.25) is 0 Å². The average Bonchev–Trinajstić information content (AvgIpc) is 2.66. The highest BCUT2D eigenvalue weighted by Crippen LogP contribution is 2.13. The van der Waals surface area contributed by atoms with E-state index in [9.17, 15) is 22.8 Å². The van der Waals surface area contributed by atoms with Crippen LogP contribution in [0.5, 0.6) is 0 Å². The minimum Gasteiger partial charge on any atom is -0.454 e. The molecule has 0 aliphatic heterocycles. The van der Waals surface area contributed by atoms with Gasteiger partial charge in [0.05, 0.1) is 10.5 Å². The lowest BCUT2D eigenvalue weighted by Gasteiger charge is -2.07. The molecule has 1 amide bonds. The first-order valence-corrected chi connectivity index (χ1v) is 9.33. The van der Waals surface area contributed by atoms with Crippen LogP contribution >= 0.6 is 0 Å². The van der Waals surface area contributed by atoms with Gasteiger partial charge >= 0.3 is 5.97 Å². The van der Waals surface area contributed by atoms with Gasteiger partial charge in [-0.25, -0.2) is 17.9 Å². The molecule has 0 aliphatic rings. The molecule has 0 spiro atoms. The van der Waals surface area contributed by atoms with Gasteiger partial charge in [0.1, 0.15) is 0 Å². The zero-order valence-electron chi connectivity index (χ0n) is 14.7. The summed E-state index contributed by atoms with van der Waals surface area (Å²) in [5, 5.41) is 2.58. The van der Waals surface area contributed by atoms with Crippen molar-refractivity contribution in [1.29, 1.82) is 0 Å². The minimum atomic E-state index is -3.60. The van der Waals surface area contributed by atoms with Gasteiger partial charge in [0.25, 0.3) is 0 Å². The second-order valence-electron chi connectivity index (χ2n) is 5.49. The molecule has 0 bridgehead atoms. The molecule has 0 fully saturated rings. The maximum absolute atomic E-state index is 12.1. The fourth-order valence-corrected chi connectivity index (χ4v) is 2.86. The largest absolute Gasteiger partial charge is 0.454 e. The van der Waals surface area contributed by atoms with Crippen LogP contribution in [0.15, 0.2) is 53.4 Å². The molecule has 0 saturated carbocycles. The predicted molar refractivity (Wildman–Crippen MR) is 98.0 cm³/mol. The molecule has 0 aliphatic carbocycles. The van der Waals surface area contributed by atoms with Gasteiger partial charge in [-0.3, -0.25) is 9.59 Å². The quantitative estimate of drug-likeness (QED) is 0.547. The Labute approximate surface area is 156 Å². The molecule has 2 rings (SSSR count). The van der Waals surface area contributed by atoms with E-state index in [4.69, 9.17) is 4.74 Å². The van der Waals surface area contributed by atoms with E-state index in [1.54, 1.807) is 12.1 Å². The number of benzene rings is 2. The SMILES string of the molecule is CNS(=O)(=O)c1ccc(C(=O)OCC(=O)c2ccc(NC(C)=O)cc2)cc1. The molecule has 0 aromatic heterocycles. The summed E-state index contributed by atoms with van der Waals surface area (Å²) in [6.07, 6.45) is 0. The average molecular weight is 390 g/mol. The predicted octanol–water partition coefficient (Wildman–Crippen LogP) is 1.59. The Balaban J connectivity index is 1.96. The van der Waals surface area contributed by atoms with Crippen LogP contribution in [-0.2, 0) is 19.6 Å². The number of Topliss-reactive ketones (excluding diaryl/α,β-unsaturated/α-hetero) is 1. The molecular formula is C18H18N2O6S. The Morgan fingerprint density at radius 3 is 2.00 bits per heavy atom. The van der Waals surface area contributed by atoms with Gasteiger partial charge in [0, 0.05) is 18.2 Å². The molecule has 27 heavy (non-hydrogen) atoms. The van der Waals surface area contributed by atoms with Crippen LogP contribution in [0.3, 0.4) is 0 Å². The molecule has 0 saturated heterocycles. The molecule has 0 unspecified atom stereocenters. The van der Waals surface area contributed by atoms with Gasteiger partial charge in [-0.05, 0) is 55.6 Å². The first kappa shape index (κ1) is 20.3. The van der Waals surface area contributed by atoms with Crippen molar-refractivity contribution >= 4 is 33.4 Å². The first-order chi connectivity index (χ1) is 12.7. The summed E-state index contributed by atoms with van der Waals surface area (Å²) in [4.78, 5) is 35.1. The van der Waals surface area contributed by atoms with Crippen LogP contribution in [0.4, 0.5) is 5.69 Å². The summed E-state index contributed by atoms with van der Waals surface area (Å²) in [7, 11) is -2.31. The fourth-order valence-electron chi connectivity index (χ4n) is 2.13. The van der Waals surface area contributed by atoms with E-state index in [1.165, 1.54) is 50.4 Å². The third-order valence-corrected chi connectivity index (χ3v) is 4.96. The number of amides is 1. The second kappa shape index (κ2) is 8.56. The number of sulfonamides is 1. The molecule has 2 N–H and O–H groups in total. The molecule has 2 aromatic rings. The molecule has 142 valence electrons. The zero-order valence-corrected chi connectivity index (χ0v) is 15.5. The molecule has 8 nitrogen and oxygen atoms in total. The van der Waals surface area contributed by atoms with Gasteiger partial charge in [-0.15, -0.1) is 0 Å². The van der Waals surface area contributed by atoms with E-state index in [2.05, 4.69) is 10.0 Å². The Morgan fingerprint density at radius 2 is 1.48 bits per heavy atom. The highest BCUT2D eigenvalue weighted by molar-refractivity contribution is 7.89. The van der Waals surface area contributed by atoms with Crippen LogP contribution < -0.4 is 10.0 Å². The van der Waals surface area contributed by atoms with Crippen molar-refractivity contribution in [3.05, 3.63) is 59.7 Å². The van der Waals surface area contributed by atoms with Crippen molar-refractivity contribution in [1.82, 2.24) is 4.72 Å². The molecule has 2 aromatic carbocycles. The molecule has 0 heterocycles. The number of carbonyl (C=O) groups is 3. The van der Waals surface area contributed by atoms with E-state index < -0.39 is 28.4 Å². The number of nitrogens with one attached hydrogen (secondary N) is 2. The lowest BCUT2D eigenvalue weighted by molar-refractivity contribution is -0.114. The number of ether oxygens (including phenoxy) is 1. The number of rotatable bonds is 7. The van der Waals surface area contributed by atoms with Crippen LogP contribution in [0.25, 0.3) is 0 Å². The summed E-state index contributed by atoms with van der Waals surface area (Å²) in [5.74, 6) is -1.38. The molecular weight excluding hydrogens is 372 g/mol. The van der Waals surface area contributed by atoms with Crippen LogP contribution in [-0.4, -0.2) is 39.7 Å². The minimum absolute atomic E-state index is 0.0110. The van der Waals surface area contributed by atoms with E-state index in [1.807, 2.05) is 0 Å². The number of ketones is 1. The molecule has 0 atom stereocenters. The van der Waals surface area contributed by atoms with E-state index >= 15 is 0 Å². The normalized spacial score (nSPS) is 10.9. The van der Waals surface area contributed by atoms with Crippen molar-refractivity contribution in [2.24, 2.45) is 0 Å². The molecule has 9 heteroatoms. The highest BCUT2D eigenvalue weighted by Gasteiger charge is 2.15. The van der Waals surface area contributed by atoms with Gasteiger partial charge in [-0.1, -0.05) is 0 Å². The Hall–Kier alpha value is -3.04. The topological polar surface area (TPSA) is 119 Å². The van der Waals surface area contributed by atoms with Gasteiger partial charge < -0.3 is 10.1 Å². The zero-order chi connectivity index (χ0) is 20.0. The lowest BCUT2D eigenvalue weighted by atomic mass is 10.1. The summed E-state index contributed by atoms with van der Waals surface area (Å²) < 4.78 is 30.4. The maximum atomic E-state index is 12.1. The smallest absolute Gasteiger partial charge is 0.338 e. The van der Waals surface area contributed by atoms with Crippen molar-refractivity contribution in [3.63, 3.8) is 0 Å². The summed E-state index contributed by atoms with van der Waals surface area (Å²) >= 11 is 0. The van der Waals surface area contributed by atoms with Crippen LogP contribution in [0, 0.1) is 0 Å². The highest BCUT2D eigenvalue weighted by atomic mass is 32.2. The number of carbonyl (C=O) groups excluding carboxylic acids is 3. The van der Waals surface area contributed by atoms with E-state index in [0.29, 0.717) is 11.3 Å². The third kappa shape index (κ3) is 5.47. The summed E-state index contributed by atoms with van der Waals surface area (Å²) in [6, 6.07) is 11.3. The standard InChI is InChI=1S/C18H18N2O6S/c1-12(21)20-15-7-3-13(4-8-15)17(22)11-26-18(23)14-5-9-16(10-6-14)27(24,25)19-2/h3-10,19H,11H2,1-2H3,(H,20,21). The van der Waals surface area contributed by atoms with Crippen molar-refractivity contribution in [3.8, 4) is 0 Å². The number of hydrogen-bond acceptors (Lipinski definition) is 6. The van der Waals surface area contributed by atoms with Crippen molar-refractivity contribution in [2.45, 2.75) is 11.8 Å². The number of hydrogen-bond donors (Lipinski definition) is 2. The third-order valence-electron chi connectivity index (χ3n) is 3.53.